The lowest BCUT2D eigenvalue weighted by Crippen LogP contribution is -2.51. The third kappa shape index (κ3) is 4.74. The summed E-state index contributed by atoms with van der Waals surface area (Å²) in [6.45, 7) is 2.83. The molecule has 1 aromatic carbocycles. The molecule has 1 atom stereocenters. The molecule has 0 saturated carbocycles. The lowest BCUT2D eigenvalue weighted by molar-refractivity contribution is -0.139. The Balaban J connectivity index is 2.17. The van der Waals surface area contributed by atoms with Crippen LogP contribution in [0, 0.1) is 0 Å². The first-order valence-corrected chi connectivity index (χ1v) is 9.68. The van der Waals surface area contributed by atoms with E-state index in [9.17, 15) is 26.4 Å². The fourth-order valence-electron chi connectivity index (χ4n) is 2.96. The van der Waals surface area contributed by atoms with Gasteiger partial charge in [-0.05, 0) is 45.0 Å². The summed E-state index contributed by atoms with van der Waals surface area (Å²) in [5.74, 6) is -0.482. The minimum absolute atomic E-state index is 0.0295. The first-order chi connectivity index (χ1) is 12.0. The van der Waals surface area contributed by atoms with Crippen LogP contribution in [0.15, 0.2) is 29.2 Å². The van der Waals surface area contributed by atoms with E-state index in [0.717, 1.165) is 38.1 Å². The maximum absolute atomic E-state index is 13.1. The molecule has 146 valence electrons. The van der Waals surface area contributed by atoms with Crippen molar-refractivity contribution in [2.75, 3.05) is 20.1 Å². The number of carbonyl (C=O) groups excluding carboxylic acids is 1. The molecule has 1 fully saturated rings. The van der Waals surface area contributed by atoms with Gasteiger partial charge >= 0.3 is 6.18 Å². The molecule has 0 radical (unpaired) electrons. The first-order valence-electron chi connectivity index (χ1n) is 8.20. The van der Waals surface area contributed by atoms with Gasteiger partial charge in [0, 0.05) is 13.1 Å². The highest BCUT2D eigenvalue weighted by Gasteiger charge is 2.38. The number of halogens is 3. The van der Waals surface area contributed by atoms with Crippen LogP contribution < -0.4 is 10.0 Å². The molecule has 1 aliphatic heterocycles. The largest absolute Gasteiger partial charge is 0.417 e. The van der Waals surface area contributed by atoms with Crippen LogP contribution in [0.3, 0.4) is 0 Å². The van der Waals surface area contributed by atoms with Crippen molar-refractivity contribution in [3.05, 3.63) is 29.8 Å². The number of sulfonamides is 1. The van der Waals surface area contributed by atoms with Gasteiger partial charge in [-0.3, -0.25) is 4.79 Å². The Kier molecular flexibility index (Phi) is 6.30. The lowest BCUT2D eigenvalue weighted by Gasteiger charge is -2.33. The Hall–Kier alpha value is -1.65. The number of rotatable bonds is 5. The van der Waals surface area contributed by atoms with Crippen LogP contribution in [0.25, 0.3) is 0 Å². The minimum atomic E-state index is -4.82. The number of nitrogens with zero attached hydrogens (tertiary/aromatic N) is 1. The third-order valence-corrected chi connectivity index (χ3v) is 5.99. The second kappa shape index (κ2) is 7.93. The molecular weight excluding hydrogens is 371 g/mol. The van der Waals surface area contributed by atoms with Gasteiger partial charge in [-0.1, -0.05) is 12.1 Å². The summed E-state index contributed by atoms with van der Waals surface area (Å²) < 4.78 is 66.1. The van der Waals surface area contributed by atoms with Crippen LogP contribution in [0.2, 0.25) is 0 Å². The Bertz CT molecular complexity index is 747. The van der Waals surface area contributed by atoms with E-state index in [1.807, 2.05) is 0 Å². The standard InChI is InChI=1S/C16H22F3N3O3S/c1-11(15(23)22(2)12-7-9-20-10-8-12)21-26(24,25)14-6-4-3-5-13(14)16(17,18)19/h3-6,11-12,20-21H,7-10H2,1-2H3. The van der Waals surface area contributed by atoms with Crippen LogP contribution in [0.4, 0.5) is 13.2 Å². The highest BCUT2D eigenvalue weighted by molar-refractivity contribution is 7.89. The summed E-state index contributed by atoms with van der Waals surface area (Å²) in [5, 5.41) is 3.16. The zero-order valence-corrected chi connectivity index (χ0v) is 15.3. The number of amides is 1. The van der Waals surface area contributed by atoms with E-state index < -0.39 is 38.6 Å². The summed E-state index contributed by atoms with van der Waals surface area (Å²) in [5.41, 5.74) is -1.26. The second-order valence-corrected chi connectivity index (χ2v) is 7.95. The number of nitrogens with one attached hydrogen (secondary N) is 2. The summed E-state index contributed by atoms with van der Waals surface area (Å²) in [6, 6.07) is 2.68. The van der Waals surface area contributed by atoms with E-state index >= 15 is 0 Å². The second-order valence-electron chi connectivity index (χ2n) is 6.27. The Morgan fingerprint density at radius 1 is 1.27 bits per heavy atom. The van der Waals surface area contributed by atoms with Crippen molar-refractivity contribution in [1.29, 1.82) is 0 Å². The number of carbonyl (C=O) groups is 1. The normalized spacial score (nSPS) is 17.7. The fourth-order valence-corrected chi connectivity index (χ4v) is 4.39. The van der Waals surface area contributed by atoms with E-state index in [1.165, 1.54) is 17.9 Å². The number of likely N-dealkylation sites (N-methyl/N-ethyl adjacent to an activating group) is 1. The highest BCUT2D eigenvalue weighted by atomic mass is 32.2. The molecule has 0 bridgehead atoms. The van der Waals surface area contributed by atoms with Gasteiger partial charge in [0.15, 0.2) is 0 Å². The van der Waals surface area contributed by atoms with Crippen LogP contribution in [0.1, 0.15) is 25.3 Å². The van der Waals surface area contributed by atoms with Crippen LogP contribution in [-0.4, -0.2) is 51.4 Å². The summed E-state index contributed by atoms with van der Waals surface area (Å²) in [4.78, 5) is 13.1. The smallest absolute Gasteiger partial charge is 0.341 e. The molecule has 1 heterocycles. The number of alkyl halides is 3. The molecule has 10 heteroatoms. The molecule has 2 rings (SSSR count). The van der Waals surface area contributed by atoms with Gasteiger partial charge in [0.2, 0.25) is 15.9 Å². The van der Waals surface area contributed by atoms with Crippen LogP contribution in [-0.2, 0) is 21.0 Å². The molecule has 0 aliphatic carbocycles. The van der Waals surface area contributed by atoms with Crippen molar-refractivity contribution in [2.45, 2.75) is 42.9 Å². The molecule has 1 aromatic rings. The molecule has 1 saturated heterocycles. The fraction of sp³-hybridized carbons (Fsp3) is 0.562. The van der Waals surface area contributed by atoms with Crippen molar-refractivity contribution in [1.82, 2.24) is 14.9 Å². The van der Waals surface area contributed by atoms with Crippen molar-refractivity contribution in [3.8, 4) is 0 Å². The van der Waals surface area contributed by atoms with E-state index in [2.05, 4.69) is 10.0 Å². The zero-order chi connectivity index (χ0) is 19.5. The van der Waals surface area contributed by atoms with Crippen molar-refractivity contribution >= 4 is 15.9 Å². The summed E-state index contributed by atoms with van der Waals surface area (Å²) in [7, 11) is -2.94. The van der Waals surface area contributed by atoms with Crippen molar-refractivity contribution in [3.63, 3.8) is 0 Å². The van der Waals surface area contributed by atoms with Gasteiger partial charge in [0.05, 0.1) is 16.5 Å². The van der Waals surface area contributed by atoms with Gasteiger partial charge < -0.3 is 10.2 Å². The van der Waals surface area contributed by atoms with E-state index in [1.54, 1.807) is 7.05 Å². The minimum Gasteiger partial charge on any atom is -0.341 e. The van der Waals surface area contributed by atoms with Crippen molar-refractivity contribution in [2.24, 2.45) is 0 Å². The van der Waals surface area contributed by atoms with Crippen LogP contribution >= 0.6 is 0 Å². The van der Waals surface area contributed by atoms with E-state index in [0.29, 0.717) is 6.07 Å². The Morgan fingerprint density at radius 3 is 2.42 bits per heavy atom. The molecular formula is C16H22F3N3O3S. The number of piperidine rings is 1. The molecule has 0 spiro atoms. The van der Waals surface area contributed by atoms with E-state index in [4.69, 9.17) is 0 Å². The molecule has 6 nitrogen and oxygen atoms in total. The Labute approximate surface area is 150 Å². The number of hydrogen-bond donors (Lipinski definition) is 2. The molecule has 2 N–H and O–H groups in total. The van der Waals surface area contributed by atoms with Gasteiger partial charge in [0.25, 0.3) is 0 Å². The predicted molar refractivity (Wildman–Crippen MR) is 89.9 cm³/mol. The van der Waals surface area contributed by atoms with Gasteiger partial charge in [-0.15, -0.1) is 0 Å². The van der Waals surface area contributed by atoms with Crippen molar-refractivity contribution < 1.29 is 26.4 Å². The maximum atomic E-state index is 13.1. The number of hydrogen-bond acceptors (Lipinski definition) is 4. The highest BCUT2D eigenvalue weighted by Crippen LogP contribution is 2.33. The SMILES string of the molecule is CC(NS(=O)(=O)c1ccccc1C(F)(F)F)C(=O)N(C)C1CCNCC1. The zero-order valence-electron chi connectivity index (χ0n) is 14.5. The Morgan fingerprint density at radius 2 is 1.85 bits per heavy atom. The average molecular weight is 393 g/mol. The lowest BCUT2D eigenvalue weighted by atomic mass is 10.0. The monoisotopic (exact) mass is 393 g/mol. The topological polar surface area (TPSA) is 78.5 Å². The predicted octanol–water partition coefficient (Wildman–Crippen LogP) is 1.58. The quantitative estimate of drug-likeness (QED) is 0.796. The molecule has 1 aliphatic rings. The van der Waals surface area contributed by atoms with Gasteiger partial charge in [0.1, 0.15) is 0 Å². The first kappa shape index (κ1) is 20.7. The van der Waals surface area contributed by atoms with Crippen LogP contribution in [0.5, 0.6) is 0 Å². The summed E-state index contributed by atoms with van der Waals surface area (Å²) in [6.07, 6.45) is -3.35. The summed E-state index contributed by atoms with van der Waals surface area (Å²) >= 11 is 0. The third-order valence-electron chi connectivity index (χ3n) is 4.39. The average Bonchev–Trinajstić information content (AvgIpc) is 2.60. The molecule has 0 aromatic heterocycles. The molecule has 26 heavy (non-hydrogen) atoms. The molecule has 1 unspecified atom stereocenters. The van der Waals surface area contributed by atoms with Gasteiger partial charge in [-0.2, -0.15) is 17.9 Å². The van der Waals surface area contributed by atoms with Gasteiger partial charge in [-0.25, -0.2) is 8.42 Å². The number of benzene rings is 1. The maximum Gasteiger partial charge on any atom is 0.417 e. The van der Waals surface area contributed by atoms with E-state index in [-0.39, 0.29) is 6.04 Å². The molecule has 1 amide bonds.